The number of hydrogen-bond acceptors (Lipinski definition) is 1. The van der Waals surface area contributed by atoms with Gasteiger partial charge in [0.15, 0.2) is 0 Å². The van der Waals surface area contributed by atoms with Gasteiger partial charge < -0.3 is 4.74 Å². The first-order chi connectivity index (χ1) is 21.1. The Hall–Kier alpha value is -2.64. The molecule has 0 bridgehead atoms. The molecule has 0 heterocycles. The van der Waals surface area contributed by atoms with E-state index in [-0.39, 0.29) is 20.6 Å². The van der Waals surface area contributed by atoms with E-state index in [1.807, 2.05) is 60.7 Å². The van der Waals surface area contributed by atoms with Crippen molar-refractivity contribution in [1.82, 2.24) is 0 Å². The van der Waals surface area contributed by atoms with Gasteiger partial charge in [0.05, 0.1) is 22.2 Å². The van der Waals surface area contributed by atoms with Crippen LogP contribution in [0, 0.1) is 11.6 Å². The molecule has 0 radical (unpaired) electrons. The third-order valence-corrected chi connectivity index (χ3v) is 10.5. The zero-order chi connectivity index (χ0) is 31.3. The summed E-state index contributed by atoms with van der Waals surface area (Å²) in [6, 6.07) is 25.6. The molecular weight excluding hydrogens is 776 g/mol. The van der Waals surface area contributed by atoms with Crippen LogP contribution in [-0.4, -0.2) is 7.11 Å². The number of methoxy groups -OCH3 is 1. The molecule has 9 heteroatoms. The van der Waals surface area contributed by atoms with E-state index in [9.17, 15) is 8.78 Å². The summed E-state index contributed by atoms with van der Waals surface area (Å²) in [7, 11) is 1.59. The topological polar surface area (TPSA) is 9.23 Å². The molecule has 0 unspecified atom stereocenters. The van der Waals surface area contributed by atoms with Gasteiger partial charge in [0.1, 0.15) is 17.4 Å². The van der Waals surface area contributed by atoms with E-state index < -0.39 is 11.6 Å². The summed E-state index contributed by atoms with van der Waals surface area (Å²) in [5, 5.41) is 2.44. The third kappa shape index (κ3) is 5.64. The molecule has 44 heavy (non-hydrogen) atoms. The van der Waals surface area contributed by atoms with E-state index in [1.54, 1.807) is 19.2 Å². The second-order valence-corrected chi connectivity index (χ2v) is 13.2. The van der Waals surface area contributed by atoms with Gasteiger partial charge in [0.25, 0.3) is 0 Å². The summed E-state index contributed by atoms with van der Waals surface area (Å²) in [5.41, 5.74) is 4.51. The lowest BCUT2D eigenvalue weighted by Crippen LogP contribution is -1.99. The van der Waals surface area contributed by atoms with Gasteiger partial charge in [-0.3, -0.25) is 0 Å². The molecule has 0 aliphatic heterocycles. The monoisotopic (exact) mass is 790 g/mol. The van der Waals surface area contributed by atoms with Crippen molar-refractivity contribution >= 4 is 89.0 Å². The van der Waals surface area contributed by atoms with Crippen molar-refractivity contribution in [3.05, 3.63) is 132 Å². The van der Waals surface area contributed by atoms with Gasteiger partial charge in [0, 0.05) is 42.3 Å². The Morgan fingerprint density at radius 3 is 1.77 bits per heavy atom. The molecule has 6 aromatic carbocycles. The molecule has 0 N–H and O–H groups in total. The summed E-state index contributed by atoms with van der Waals surface area (Å²) >= 11 is 35.0. The van der Waals surface area contributed by atoms with Gasteiger partial charge in [0.2, 0.25) is 0 Å². The van der Waals surface area contributed by atoms with Crippen LogP contribution in [0.15, 0.2) is 99.9 Å². The Bertz CT molecular complexity index is 2040. The van der Waals surface area contributed by atoms with Crippen LogP contribution in [-0.2, 0) is 0 Å². The zero-order valence-electron chi connectivity index (χ0n) is 22.6. The van der Waals surface area contributed by atoms with Crippen LogP contribution >= 0.6 is 78.3 Å². The first-order valence-corrected chi connectivity index (χ1v) is 16.2. The predicted octanol–water partition coefficient (Wildman–Crippen LogP) is 13.9. The second kappa shape index (κ2) is 12.6. The van der Waals surface area contributed by atoms with Crippen molar-refractivity contribution in [3.63, 3.8) is 0 Å². The lowest BCUT2D eigenvalue weighted by Gasteiger charge is -2.25. The van der Waals surface area contributed by atoms with Gasteiger partial charge in [-0.25, -0.2) is 8.78 Å². The van der Waals surface area contributed by atoms with Crippen LogP contribution < -0.4 is 4.74 Å². The molecule has 0 aliphatic rings. The maximum atomic E-state index is 15.0. The molecule has 1 nitrogen and oxygen atoms in total. The van der Waals surface area contributed by atoms with Gasteiger partial charge >= 0.3 is 0 Å². The number of fused-ring (bicyclic) bond motifs is 1. The Morgan fingerprint density at radius 2 is 1.18 bits per heavy atom. The molecule has 0 spiro atoms. The molecule has 0 aliphatic carbocycles. The normalized spacial score (nSPS) is 11.3. The van der Waals surface area contributed by atoms with Crippen LogP contribution in [0.1, 0.15) is 0 Å². The van der Waals surface area contributed by atoms with Crippen LogP contribution in [0.2, 0.25) is 20.1 Å². The average Bonchev–Trinajstić information content (AvgIpc) is 2.98. The van der Waals surface area contributed by atoms with Crippen molar-refractivity contribution in [2.45, 2.75) is 0 Å². The predicted molar refractivity (Wildman–Crippen MR) is 188 cm³/mol. The molecule has 6 aromatic rings. The van der Waals surface area contributed by atoms with Crippen LogP contribution in [0.4, 0.5) is 8.78 Å². The number of hydrogen-bond donors (Lipinski definition) is 0. The molecule has 0 aromatic heterocycles. The summed E-state index contributed by atoms with van der Waals surface area (Å²) in [6.07, 6.45) is 0. The SMILES string of the molecule is COc1ccc(-c2c(Cl)c(-c3c(Cl)cc(Cl)cc3Cl)c(-c3cc(F)cc(F)c3)c3c(-c4ccccc4)c(Br)c(Br)cc23)cc1. The van der Waals surface area contributed by atoms with Crippen molar-refractivity contribution in [3.8, 4) is 50.3 Å². The average molecular weight is 794 g/mol. The van der Waals surface area contributed by atoms with Crippen LogP contribution in [0.3, 0.4) is 0 Å². The van der Waals surface area contributed by atoms with E-state index in [4.69, 9.17) is 51.1 Å². The smallest absolute Gasteiger partial charge is 0.126 e. The maximum Gasteiger partial charge on any atom is 0.126 e. The Morgan fingerprint density at radius 1 is 0.591 bits per heavy atom. The van der Waals surface area contributed by atoms with E-state index in [0.29, 0.717) is 38.4 Å². The van der Waals surface area contributed by atoms with Crippen molar-refractivity contribution in [2.24, 2.45) is 0 Å². The summed E-state index contributed by atoms with van der Waals surface area (Å²) in [4.78, 5) is 0. The minimum Gasteiger partial charge on any atom is -0.497 e. The zero-order valence-corrected chi connectivity index (χ0v) is 28.8. The molecule has 0 saturated carbocycles. The van der Waals surface area contributed by atoms with Gasteiger partial charge in [-0.15, -0.1) is 0 Å². The fourth-order valence-electron chi connectivity index (χ4n) is 5.48. The highest BCUT2D eigenvalue weighted by Gasteiger charge is 2.29. The highest BCUT2D eigenvalue weighted by molar-refractivity contribution is 9.13. The summed E-state index contributed by atoms with van der Waals surface area (Å²) in [5.74, 6) is -0.834. The standard InChI is InChI=1S/C35H18Br2Cl4F2O/c1-44-23-9-7-18(8-10-23)28-24-16-25(36)34(37)30(17-5-3-2-4-6-17)31(24)29(19-11-21(42)15-22(43)12-19)33(35(28)41)32-26(39)13-20(38)14-27(32)40/h2-16H,1H3. The van der Waals surface area contributed by atoms with Crippen LogP contribution in [0.5, 0.6) is 5.75 Å². The van der Waals surface area contributed by atoms with Crippen molar-refractivity contribution < 1.29 is 13.5 Å². The molecular formula is C35H18Br2Cl4F2O. The number of rotatable bonds is 5. The second-order valence-electron chi connectivity index (χ2n) is 9.91. The lowest BCUT2D eigenvalue weighted by atomic mass is 9.82. The van der Waals surface area contributed by atoms with E-state index in [0.717, 1.165) is 37.1 Å². The molecule has 0 saturated heterocycles. The number of halogens is 8. The lowest BCUT2D eigenvalue weighted by molar-refractivity contribution is 0.415. The van der Waals surface area contributed by atoms with E-state index >= 15 is 0 Å². The number of benzene rings is 6. The minimum absolute atomic E-state index is 0.222. The fourth-order valence-corrected chi connectivity index (χ4v) is 7.85. The van der Waals surface area contributed by atoms with Crippen molar-refractivity contribution in [2.75, 3.05) is 7.11 Å². The molecule has 6 rings (SSSR count). The largest absolute Gasteiger partial charge is 0.497 e. The first kappa shape index (κ1) is 31.3. The van der Waals surface area contributed by atoms with E-state index in [1.165, 1.54) is 12.1 Å². The van der Waals surface area contributed by atoms with Gasteiger partial charge in [-0.05, 0) is 107 Å². The molecule has 0 fully saturated rings. The highest BCUT2D eigenvalue weighted by Crippen LogP contribution is 2.56. The summed E-state index contributed by atoms with van der Waals surface area (Å²) in [6.45, 7) is 0. The molecule has 0 atom stereocenters. The quantitative estimate of drug-likeness (QED) is 0.169. The third-order valence-electron chi connectivity index (χ3n) is 7.28. The summed E-state index contributed by atoms with van der Waals surface area (Å²) < 4.78 is 36.8. The Labute approximate surface area is 289 Å². The fraction of sp³-hybridized carbons (Fsp3) is 0.0286. The van der Waals surface area contributed by atoms with Crippen LogP contribution in [0.25, 0.3) is 55.3 Å². The molecule has 0 amide bonds. The first-order valence-electron chi connectivity index (χ1n) is 13.1. The van der Waals surface area contributed by atoms with E-state index in [2.05, 4.69) is 31.9 Å². The minimum atomic E-state index is -0.750. The number of ether oxygens (including phenoxy) is 1. The maximum absolute atomic E-state index is 15.0. The molecule has 220 valence electrons. The van der Waals surface area contributed by atoms with Gasteiger partial charge in [-0.1, -0.05) is 88.9 Å². The highest BCUT2D eigenvalue weighted by atomic mass is 79.9. The van der Waals surface area contributed by atoms with Gasteiger partial charge in [-0.2, -0.15) is 0 Å². The Kier molecular flexibility index (Phi) is 9.00. The van der Waals surface area contributed by atoms with Crippen molar-refractivity contribution in [1.29, 1.82) is 0 Å². The Balaban J connectivity index is 1.95.